The van der Waals surface area contributed by atoms with Gasteiger partial charge in [-0.1, -0.05) is 48.9 Å². The summed E-state index contributed by atoms with van der Waals surface area (Å²) in [6, 6.07) is 13.4. The van der Waals surface area contributed by atoms with Crippen molar-refractivity contribution in [3.05, 3.63) is 64.7 Å². The van der Waals surface area contributed by atoms with E-state index in [0.717, 1.165) is 21.7 Å². The van der Waals surface area contributed by atoms with Crippen molar-refractivity contribution >= 4 is 33.2 Å². The van der Waals surface area contributed by atoms with Gasteiger partial charge in [-0.3, -0.25) is 9.10 Å². The number of hydrogen-bond donors (Lipinski definition) is 1. The maximum absolute atomic E-state index is 12.8. The van der Waals surface area contributed by atoms with Crippen molar-refractivity contribution in [3.63, 3.8) is 0 Å². The van der Waals surface area contributed by atoms with Crippen LogP contribution in [-0.2, 0) is 21.4 Å². The molecule has 5 nitrogen and oxygen atoms in total. The van der Waals surface area contributed by atoms with Gasteiger partial charge in [-0.15, -0.1) is 0 Å². The van der Waals surface area contributed by atoms with Gasteiger partial charge in [0.1, 0.15) is 6.04 Å². The van der Waals surface area contributed by atoms with Crippen LogP contribution in [0.3, 0.4) is 0 Å². The van der Waals surface area contributed by atoms with Crippen LogP contribution in [-0.4, -0.2) is 26.6 Å². The largest absolute Gasteiger partial charge is 0.350 e. The van der Waals surface area contributed by atoms with Crippen LogP contribution in [0, 0.1) is 6.92 Å². The fourth-order valence-corrected chi connectivity index (χ4v) is 4.17. The monoisotopic (exact) mass is 394 g/mol. The molecule has 0 radical (unpaired) electrons. The minimum absolute atomic E-state index is 0.333. The van der Waals surface area contributed by atoms with E-state index in [-0.39, 0.29) is 5.91 Å². The van der Waals surface area contributed by atoms with Crippen molar-refractivity contribution in [1.82, 2.24) is 5.32 Å². The third-order valence-electron chi connectivity index (χ3n) is 4.11. The number of carbonyl (C=O) groups is 1. The first-order chi connectivity index (χ1) is 12.2. The van der Waals surface area contributed by atoms with Gasteiger partial charge in [0.05, 0.1) is 11.9 Å². The van der Waals surface area contributed by atoms with Crippen molar-refractivity contribution in [3.8, 4) is 0 Å². The lowest BCUT2D eigenvalue weighted by Gasteiger charge is -2.30. The molecule has 2 rings (SSSR count). The number of nitrogens with zero attached hydrogens (tertiary/aromatic N) is 1. The molecule has 0 aliphatic heterocycles. The molecule has 0 spiro atoms. The zero-order chi connectivity index (χ0) is 19.3. The fraction of sp³-hybridized carbons (Fsp3) is 0.316. The van der Waals surface area contributed by atoms with Crippen LogP contribution in [0.15, 0.2) is 48.5 Å². The number of halogens is 1. The molecule has 140 valence electrons. The fourth-order valence-electron chi connectivity index (χ4n) is 2.78. The molecule has 1 amide bonds. The van der Waals surface area contributed by atoms with Crippen LogP contribution >= 0.6 is 11.6 Å². The highest BCUT2D eigenvalue weighted by molar-refractivity contribution is 7.92. The van der Waals surface area contributed by atoms with Gasteiger partial charge >= 0.3 is 0 Å². The van der Waals surface area contributed by atoms with E-state index in [0.29, 0.717) is 23.7 Å². The molecule has 0 fully saturated rings. The molecule has 7 heteroatoms. The second-order valence-electron chi connectivity index (χ2n) is 6.11. The predicted octanol–water partition coefficient (Wildman–Crippen LogP) is 3.51. The lowest BCUT2D eigenvalue weighted by Crippen LogP contribution is -2.49. The number of hydrogen-bond acceptors (Lipinski definition) is 3. The lowest BCUT2D eigenvalue weighted by atomic mass is 10.1. The number of nitrogens with one attached hydrogen (secondary N) is 1. The van der Waals surface area contributed by atoms with Crippen LogP contribution in [0.25, 0.3) is 0 Å². The van der Waals surface area contributed by atoms with Crippen molar-refractivity contribution in [1.29, 1.82) is 0 Å². The number of anilines is 1. The Labute approximate surface area is 160 Å². The molecule has 0 unspecified atom stereocenters. The Morgan fingerprint density at radius 3 is 2.46 bits per heavy atom. The first-order valence-electron chi connectivity index (χ1n) is 8.31. The van der Waals surface area contributed by atoms with Crippen LogP contribution in [0.5, 0.6) is 0 Å². The zero-order valence-corrected chi connectivity index (χ0v) is 16.6. The Hall–Kier alpha value is -2.05. The molecular formula is C19H23ClN2O3S. The summed E-state index contributed by atoms with van der Waals surface area (Å²) in [6.07, 6.45) is 1.42. The minimum Gasteiger partial charge on any atom is -0.350 e. The van der Waals surface area contributed by atoms with Gasteiger partial charge in [0, 0.05) is 11.6 Å². The van der Waals surface area contributed by atoms with E-state index < -0.39 is 16.1 Å². The molecule has 2 aromatic rings. The van der Waals surface area contributed by atoms with Crippen LogP contribution in [0.4, 0.5) is 5.69 Å². The number of carbonyl (C=O) groups excluding carboxylic acids is 1. The molecule has 1 N–H and O–H groups in total. The summed E-state index contributed by atoms with van der Waals surface area (Å²) in [5.74, 6) is -0.346. The Bertz CT molecular complexity index is 884. The van der Waals surface area contributed by atoms with Crippen LogP contribution in [0.2, 0.25) is 5.02 Å². The second kappa shape index (κ2) is 8.56. The molecule has 0 aromatic heterocycles. The van der Waals surface area contributed by atoms with Crippen molar-refractivity contribution < 1.29 is 13.2 Å². The average molecular weight is 395 g/mol. The van der Waals surface area contributed by atoms with E-state index in [4.69, 9.17) is 11.6 Å². The predicted molar refractivity (Wildman–Crippen MR) is 106 cm³/mol. The van der Waals surface area contributed by atoms with E-state index in [2.05, 4.69) is 5.32 Å². The first kappa shape index (κ1) is 20.3. The lowest BCUT2D eigenvalue weighted by molar-refractivity contribution is -0.122. The summed E-state index contributed by atoms with van der Waals surface area (Å²) in [6.45, 7) is 4.09. The number of benzene rings is 2. The normalized spacial score (nSPS) is 12.5. The Balaban J connectivity index is 2.27. The molecule has 1 atom stereocenters. The Morgan fingerprint density at radius 2 is 1.88 bits per heavy atom. The highest BCUT2D eigenvalue weighted by atomic mass is 35.5. The molecule has 26 heavy (non-hydrogen) atoms. The summed E-state index contributed by atoms with van der Waals surface area (Å²) >= 11 is 6.00. The highest BCUT2D eigenvalue weighted by Gasteiger charge is 2.31. The van der Waals surface area contributed by atoms with Gasteiger partial charge < -0.3 is 5.32 Å². The summed E-state index contributed by atoms with van der Waals surface area (Å²) < 4.78 is 25.9. The van der Waals surface area contributed by atoms with Crippen molar-refractivity contribution in [2.75, 3.05) is 10.6 Å². The van der Waals surface area contributed by atoms with E-state index >= 15 is 0 Å². The van der Waals surface area contributed by atoms with Gasteiger partial charge in [-0.05, 0) is 42.7 Å². The summed E-state index contributed by atoms with van der Waals surface area (Å²) in [4.78, 5) is 12.8. The van der Waals surface area contributed by atoms with E-state index in [1.807, 2.05) is 31.2 Å². The van der Waals surface area contributed by atoms with E-state index in [9.17, 15) is 13.2 Å². The minimum atomic E-state index is -3.67. The maximum Gasteiger partial charge on any atom is 0.244 e. The summed E-state index contributed by atoms with van der Waals surface area (Å²) in [7, 11) is -3.67. The topological polar surface area (TPSA) is 66.5 Å². The number of sulfonamides is 1. The standard InChI is InChI=1S/C19H23ClN2O3S/c1-4-18(19(23)21-13-15-9-6-5-8-14(15)2)22(26(3,24)25)17-11-7-10-16(20)12-17/h5-12,18H,4,13H2,1-3H3,(H,21,23)/t18-/m0/s1. The Kier molecular flexibility index (Phi) is 6.67. The molecule has 0 aliphatic rings. The highest BCUT2D eigenvalue weighted by Crippen LogP contribution is 2.25. The number of aryl methyl sites for hydroxylation is 1. The van der Waals surface area contributed by atoms with Crippen molar-refractivity contribution in [2.45, 2.75) is 32.9 Å². The molecule has 0 heterocycles. The molecular weight excluding hydrogens is 372 g/mol. The van der Waals surface area contributed by atoms with Gasteiger partial charge in [0.15, 0.2) is 0 Å². The van der Waals surface area contributed by atoms with Gasteiger partial charge in [0.2, 0.25) is 15.9 Å². The first-order valence-corrected chi connectivity index (χ1v) is 10.5. The quantitative estimate of drug-likeness (QED) is 0.781. The Morgan fingerprint density at radius 1 is 1.19 bits per heavy atom. The van der Waals surface area contributed by atoms with Crippen LogP contribution < -0.4 is 9.62 Å². The molecule has 0 saturated heterocycles. The maximum atomic E-state index is 12.8. The van der Waals surface area contributed by atoms with Gasteiger partial charge in [-0.2, -0.15) is 0 Å². The second-order valence-corrected chi connectivity index (χ2v) is 8.40. The molecule has 0 aliphatic carbocycles. The van der Waals surface area contributed by atoms with E-state index in [1.54, 1.807) is 31.2 Å². The third-order valence-corrected chi connectivity index (χ3v) is 5.52. The number of amides is 1. The van der Waals surface area contributed by atoms with Crippen molar-refractivity contribution in [2.24, 2.45) is 0 Å². The third kappa shape index (κ3) is 4.99. The average Bonchev–Trinajstić information content (AvgIpc) is 2.57. The van der Waals surface area contributed by atoms with E-state index in [1.165, 1.54) is 0 Å². The van der Waals surface area contributed by atoms with Crippen LogP contribution in [0.1, 0.15) is 24.5 Å². The molecule has 0 saturated carbocycles. The smallest absolute Gasteiger partial charge is 0.244 e. The van der Waals surface area contributed by atoms with Gasteiger partial charge in [-0.25, -0.2) is 8.42 Å². The summed E-state index contributed by atoms with van der Waals surface area (Å²) in [5.41, 5.74) is 2.43. The zero-order valence-electron chi connectivity index (χ0n) is 15.1. The van der Waals surface area contributed by atoms with Gasteiger partial charge in [0.25, 0.3) is 0 Å². The SMILES string of the molecule is CC[C@@H](C(=O)NCc1ccccc1C)N(c1cccc(Cl)c1)S(C)(=O)=O. The summed E-state index contributed by atoms with van der Waals surface area (Å²) in [5, 5.41) is 3.26. The number of rotatable bonds is 7. The molecule has 0 bridgehead atoms. The molecule has 2 aromatic carbocycles.